The molecule has 0 radical (unpaired) electrons. The Morgan fingerprint density at radius 3 is 2.48 bits per heavy atom. The molecule has 2 aromatic carbocycles. The van der Waals surface area contributed by atoms with Gasteiger partial charge in [0.15, 0.2) is 0 Å². The van der Waals surface area contributed by atoms with Crippen molar-refractivity contribution in [2.45, 2.75) is 13.8 Å². The van der Waals surface area contributed by atoms with Crippen molar-refractivity contribution < 1.29 is 14.5 Å². The van der Waals surface area contributed by atoms with Crippen LogP contribution in [0, 0.1) is 10.1 Å². The second-order valence-electron chi connectivity index (χ2n) is 6.11. The summed E-state index contributed by atoms with van der Waals surface area (Å²) in [6.07, 6.45) is 0. The molecule has 0 fully saturated rings. The van der Waals surface area contributed by atoms with Gasteiger partial charge in [-0.05, 0) is 44.2 Å². The fourth-order valence-corrected chi connectivity index (χ4v) is 2.59. The number of nitrogens with zero attached hydrogens (tertiary/aromatic N) is 4. The molecule has 2 rings (SSSR count). The summed E-state index contributed by atoms with van der Waals surface area (Å²) in [4.78, 5) is 23.7. The van der Waals surface area contributed by atoms with Crippen molar-refractivity contribution in [3.63, 3.8) is 0 Å². The number of hydrogen-bond donors (Lipinski definition) is 0. The number of anilines is 1. The maximum atomic E-state index is 11.5. The van der Waals surface area contributed by atoms with Crippen molar-refractivity contribution in [2.24, 2.45) is 10.2 Å². The zero-order valence-corrected chi connectivity index (χ0v) is 16.9. The first-order chi connectivity index (χ1) is 13.8. The first kappa shape index (κ1) is 22.0. The largest absolute Gasteiger partial charge is 0.460 e. The van der Waals surface area contributed by atoms with Gasteiger partial charge in [-0.15, -0.1) is 5.11 Å². The van der Waals surface area contributed by atoms with Crippen LogP contribution in [-0.2, 0) is 9.53 Å². The Morgan fingerprint density at radius 2 is 1.93 bits per heavy atom. The highest BCUT2D eigenvalue weighted by Gasteiger charge is 2.10. The van der Waals surface area contributed by atoms with Crippen LogP contribution in [0.3, 0.4) is 0 Å². The van der Waals surface area contributed by atoms with E-state index in [2.05, 4.69) is 21.7 Å². The lowest BCUT2D eigenvalue weighted by Gasteiger charge is -2.22. The van der Waals surface area contributed by atoms with Gasteiger partial charge in [0.25, 0.3) is 5.69 Å². The summed E-state index contributed by atoms with van der Waals surface area (Å²) in [6, 6.07) is 11.4. The van der Waals surface area contributed by atoms with Crippen molar-refractivity contribution in [1.82, 2.24) is 0 Å². The molecule has 0 unspecified atom stereocenters. The predicted molar refractivity (Wildman–Crippen MR) is 112 cm³/mol. The number of rotatable bonds is 9. The van der Waals surface area contributed by atoms with Gasteiger partial charge >= 0.3 is 5.97 Å². The molecular formula is C20H21ClN4O4. The Bertz CT molecular complexity index is 929. The van der Waals surface area contributed by atoms with Gasteiger partial charge in [-0.2, -0.15) is 5.11 Å². The van der Waals surface area contributed by atoms with Crippen LogP contribution in [0.2, 0.25) is 5.02 Å². The van der Waals surface area contributed by atoms with Gasteiger partial charge in [-0.25, -0.2) is 4.79 Å². The second-order valence-corrected chi connectivity index (χ2v) is 6.51. The number of likely N-dealkylation sites (N-methyl/N-ethyl adjacent to an activating group) is 1. The Hall–Kier alpha value is -3.26. The lowest BCUT2D eigenvalue weighted by molar-refractivity contribution is -0.384. The van der Waals surface area contributed by atoms with Crippen molar-refractivity contribution >= 4 is 40.3 Å². The van der Waals surface area contributed by atoms with Gasteiger partial charge in [-0.1, -0.05) is 18.2 Å². The monoisotopic (exact) mass is 416 g/mol. The number of ether oxygens (including phenoxy) is 1. The van der Waals surface area contributed by atoms with E-state index in [1.807, 2.05) is 19.1 Å². The fraction of sp³-hybridized carbons (Fsp3) is 0.250. The van der Waals surface area contributed by atoms with Crippen molar-refractivity contribution in [2.75, 3.05) is 24.6 Å². The summed E-state index contributed by atoms with van der Waals surface area (Å²) < 4.78 is 5.13. The normalized spacial score (nSPS) is 10.7. The van der Waals surface area contributed by atoms with Gasteiger partial charge < -0.3 is 9.64 Å². The molecule has 152 valence electrons. The summed E-state index contributed by atoms with van der Waals surface area (Å²) in [6.45, 7) is 8.72. The first-order valence-corrected chi connectivity index (χ1v) is 9.23. The van der Waals surface area contributed by atoms with Gasteiger partial charge in [0, 0.05) is 29.9 Å². The number of nitro benzene ring substituents is 1. The summed E-state index contributed by atoms with van der Waals surface area (Å²) in [7, 11) is 0. The van der Waals surface area contributed by atoms with Crippen LogP contribution in [0.1, 0.15) is 13.8 Å². The van der Waals surface area contributed by atoms with Gasteiger partial charge in [0.1, 0.15) is 12.3 Å². The Morgan fingerprint density at radius 1 is 1.24 bits per heavy atom. The molecule has 0 saturated heterocycles. The van der Waals surface area contributed by atoms with Crippen LogP contribution in [0.4, 0.5) is 22.7 Å². The van der Waals surface area contributed by atoms with Gasteiger partial charge in [0.2, 0.25) is 0 Å². The van der Waals surface area contributed by atoms with Crippen LogP contribution in [-0.4, -0.2) is 30.6 Å². The predicted octanol–water partition coefficient (Wildman–Crippen LogP) is 5.61. The Balaban J connectivity index is 2.01. The third-order valence-corrected chi connectivity index (χ3v) is 4.26. The molecule has 0 amide bonds. The molecule has 0 N–H and O–H groups in total. The molecule has 2 aromatic rings. The highest BCUT2D eigenvalue weighted by atomic mass is 35.5. The average Bonchev–Trinajstić information content (AvgIpc) is 2.70. The van der Waals surface area contributed by atoms with E-state index in [4.69, 9.17) is 16.3 Å². The fourth-order valence-electron chi connectivity index (χ4n) is 2.37. The molecule has 0 heterocycles. The Kier molecular flexibility index (Phi) is 7.85. The van der Waals surface area contributed by atoms with E-state index in [-0.39, 0.29) is 17.3 Å². The number of non-ortho nitro benzene ring substituents is 1. The lowest BCUT2D eigenvalue weighted by atomic mass is 10.2. The van der Waals surface area contributed by atoms with Gasteiger partial charge in [-0.3, -0.25) is 10.1 Å². The van der Waals surface area contributed by atoms with E-state index in [0.717, 1.165) is 12.2 Å². The number of hydrogen-bond acceptors (Lipinski definition) is 7. The topological polar surface area (TPSA) is 97.4 Å². The quantitative estimate of drug-likeness (QED) is 0.174. The summed E-state index contributed by atoms with van der Waals surface area (Å²) in [5.74, 6) is -0.401. The number of nitro groups is 1. The first-order valence-electron chi connectivity index (χ1n) is 8.85. The van der Waals surface area contributed by atoms with Crippen LogP contribution in [0.25, 0.3) is 0 Å². The van der Waals surface area contributed by atoms with E-state index in [0.29, 0.717) is 23.5 Å². The number of azo groups is 1. The third kappa shape index (κ3) is 6.39. The number of carbonyl (C=O) groups excluding carboxylic acids is 1. The van der Waals surface area contributed by atoms with E-state index in [1.54, 1.807) is 19.1 Å². The Labute approximate surface area is 173 Å². The van der Waals surface area contributed by atoms with E-state index in [9.17, 15) is 14.9 Å². The minimum atomic E-state index is -0.523. The van der Waals surface area contributed by atoms with E-state index >= 15 is 0 Å². The molecule has 0 aliphatic carbocycles. The zero-order valence-electron chi connectivity index (χ0n) is 16.2. The van der Waals surface area contributed by atoms with Crippen LogP contribution in [0.15, 0.2) is 64.8 Å². The van der Waals surface area contributed by atoms with Crippen LogP contribution >= 0.6 is 11.6 Å². The molecule has 0 atom stereocenters. The van der Waals surface area contributed by atoms with Crippen molar-refractivity contribution in [3.8, 4) is 0 Å². The highest BCUT2D eigenvalue weighted by molar-refractivity contribution is 6.33. The molecule has 0 aliphatic heterocycles. The molecule has 9 heteroatoms. The van der Waals surface area contributed by atoms with Crippen molar-refractivity contribution in [3.05, 3.63) is 69.8 Å². The lowest BCUT2D eigenvalue weighted by Crippen LogP contribution is -2.28. The smallest absolute Gasteiger partial charge is 0.333 e. The molecular weight excluding hydrogens is 396 g/mol. The number of carbonyl (C=O) groups is 1. The minimum absolute atomic E-state index is 0.105. The molecule has 29 heavy (non-hydrogen) atoms. The third-order valence-electron chi connectivity index (χ3n) is 3.95. The molecule has 0 aliphatic rings. The minimum Gasteiger partial charge on any atom is -0.460 e. The maximum Gasteiger partial charge on any atom is 0.333 e. The van der Waals surface area contributed by atoms with E-state index in [1.165, 1.54) is 18.2 Å². The molecule has 0 saturated carbocycles. The zero-order chi connectivity index (χ0) is 21.4. The molecule has 8 nitrogen and oxygen atoms in total. The molecule has 0 aromatic heterocycles. The SMILES string of the molecule is C=C(C)C(=O)OCCN(CC)c1ccc(/N=N/c2ccc([N+](=O)[O-])cc2Cl)cc1. The number of halogens is 1. The summed E-state index contributed by atoms with van der Waals surface area (Å²) in [5, 5.41) is 19.1. The maximum absolute atomic E-state index is 11.5. The average molecular weight is 417 g/mol. The summed E-state index contributed by atoms with van der Waals surface area (Å²) >= 11 is 6.01. The molecule has 0 bridgehead atoms. The van der Waals surface area contributed by atoms with Crippen molar-refractivity contribution in [1.29, 1.82) is 0 Å². The van der Waals surface area contributed by atoms with Crippen LogP contribution in [0.5, 0.6) is 0 Å². The highest BCUT2D eigenvalue weighted by Crippen LogP contribution is 2.30. The number of esters is 1. The van der Waals surface area contributed by atoms with Gasteiger partial charge in [0.05, 0.1) is 22.2 Å². The second kappa shape index (κ2) is 10.3. The number of benzene rings is 2. The van der Waals surface area contributed by atoms with Crippen LogP contribution < -0.4 is 4.90 Å². The standard InChI is InChI=1S/C20H21ClN4O4/c1-4-24(11-12-29-20(26)14(2)3)16-7-5-15(6-8-16)22-23-19-10-9-17(25(27)28)13-18(19)21/h5-10,13H,2,4,11-12H2,1,3H3/b23-22+. The molecule has 0 spiro atoms. The summed E-state index contributed by atoms with van der Waals surface area (Å²) in [5.41, 5.74) is 2.16. The van der Waals surface area contributed by atoms with E-state index < -0.39 is 10.9 Å².